The van der Waals surface area contributed by atoms with Gasteiger partial charge in [-0.25, -0.2) is 4.79 Å². The van der Waals surface area contributed by atoms with E-state index in [1.165, 1.54) is 0 Å². The van der Waals surface area contributed by atoms with E-state index in [9.17, 15) is 31.1 Å². The Bertz CT molecular complexity index is 773. The zero-order valence-electron chi connectivity index (χ0n) is 16.6. The van der Waals surface area contributed by atoms with Crippen molar-refractivity contribution in [1.29, 1.82) is 5.41 Å². The van der Waals surface area contributed by atoms with Crippen molar-refractivity contribution in [3.8, 4) is 0 Å². The van der Waals surface area contributed by atoms with Crippen LogP contribution in [0.4, 0.5) is 31.1 Å². The molecule has 0 unspecified atom stereocenters. The first kappa shape index (κ1) is 24.5. The maximum absolute atomic E-state index is 12.6. The zero-order chi connectivity index (χ0) is 23.2. The number of hydrogen-bond donors (Lipinski definition) is 2. The van der Waals surface area contributed by atoms with Gasteiger partial charge in [0.15, 0.2) is 0 Å². The highest BCUT2D eigenvalue weighted by Gasteiger charge is 2.60. The lowest BCUT2D eigenvalue weighted by Gasteiger charge is -2.35. The third-order valence-corrected chi connectivity index (χ3v) is 4.54. The van der Waals surface area contributed by atoms with E-state index in [4.69, 9.17) is 5.41 Å². The number of nitrogens with one attached hydrogen (secondary N) is 2. The van der Waals surface area contributed by atoms with Crippen molar-refractivity contribution in [2.45, 2.75) is 18.5 Å². The zero-order valence-corrected chi connectivity index (χ0v) is 16.6. The molecule has 0 bridgehead atoms. The highest BCUT2D eigenvalue weighted by Crippen LogP contribution is 2.36. The molecule has 1 aromatic carbocycles. The van der Waals surface area contributed by atoms with Crippen molar-refractivity contribution >= 4 is 11.8 Å². The molecular weight excluding hydrogens is 430 g/mol. The Morgan fingerprint density at radius 3 is 2.13 bits per heavy atom. The molecule has 6 nitrogen and oxygen atoms in total. The monoisotopic (exact) mass is 452 g/mol. The van der Waals surface area contributed by atoms with Crippen molar-refractivity contribution in [3.05, 3.63) is 47.7 Å². The molecule has 31 heavy (non-hydrogen) atoms. The van der Waals surface area contributed by atoms with Crippen molar-refractivity contribution in [3.63, 3.8) is 0 Å². The number of carbonyl (C=O) groups excluding carboxylic acids is 1. The number of ether oxygens (including phenoxy) is 1. The molecule has 1 amide bonds. The maximum Gasteiger partial charge on any atom is 0.434 e. The van der Waals surface area contributed by atoms with Crippen LogP contribution in [-0.4, -0.2) is 79.8 Å². The first-order valence-corrected chi connectivity index (χ1v) is 9.25. The minimum absolute atomic E-state index is 0.104. The lowest BCUT2D eigenvalue weighted by Crippen LogP contribution is -2.53. The third-order valence-electron chi connectivity index (χ3n) is 4.54. The predicted octanol–water partition coefficient (Wildman–Crippen LogP) is 3.41. The van der Waals surface area contributed by atoms with Crippen LogP contribution in [0.2, 0.25) is 0 Å². The molecule has 1 saturated heterocycles. The Hall–Kier alpha value is -2.76. The van der Waals surface area contributed by atoms with Crippen LogP contribution in [0.25, 0.3) is 0 Å². The van der Waals surface area contributed by atoms with Gasteiger partial charge in [0, 0.05) is 51.5 Å². The minimum atomic E-state index is -5.75. The van der Waals surface area contributed by atoms with Gasteiger partial charge in [0.2, 0.25) is 0 Å². The number of rotatable bonds is 6. The molecule has 1 aliphatic rings. The van der Waals surface area contributed by atoms with Crippen LogP contribution in [0.15, 0.2) is 42.1 Å². The summed E-state index contributed by atoms with van der Waals surface area (Å²) < 4.78 is 79.2. The highest BCUT2D eigenvalue weighted by atomic mass is 19.4. The summed E-state index contributed by atoms with van der Waals surface area (Å²) in [6.07, 6.45) is -15.7. The smallest absolute Gasteiger partial charge is 0.426 e. The maximum atomic E-state index is 12.6. The lowest BCUT2D eigenvalue weighted by atomic mass is 10.0. The number of benzene rings is 1. The standard InChI is InChI=1S/C19H22F6N4O2/c1-27-11-14(15(26)13-5-3-2-4-6-13)12-28-7-9-29(10-8-28)17(30)31-16(18(20,21)22)19(23,24)25/h2-6,11,16,26-27H,7-10,12H2,1H3/b14-11-,26-15?. The summed E-state index contributed by atoms with van der Waals surface area (Å²) in [7, 11) is 1.67. The average Bonchev–Trinajstić information content (AvgIpc) is 2.70. The Labute approximate surface area is 175 Å². The summed E-state index contributed by atoms with van der Waals surface area (Å²) >= 11 is 0. The number of nitrogens with zero attached hydrogens (tertiary/aromatic N) is 2. The fourth-order valence-corrected chi connectivity index (χ4v) is 2.99. The second-order valence-corrected chi connectivity index (χ2v) is 6.81. The molecule has 1 aromatic rings. The van der Waals surface area contributed by atoms with Crippen molar-refractivity contribution in [2.75, 3.05) is 39.8 Å². The van der Waals surface area contributed by atoms with Crippen LogP contribution in [-0.2, 0) is 4.74 Å². The Morgan fingerprint density at radius 2 is 1.65 bits per heavy atom. The summed E-state index contributed by atoms with van der Waals surface area (Å²) in [4.78, 5) is 14.5. The molecule has 2 rings (SSSR count). The van der Waals surface area contributed by atoms with E-state index < -0.39 is 24.5 Å². The molecule has 0 aromatic heterocycles. The molecule has 1 aliphatic heterocycles. The predicted molar refractivity (Wildman–Crippen MR) is 101 cm³/mol. The fraction of sp³-hybridized carbons (Fsp3) is 0.474. The average molecular weight is 452 g/mol. The van der Waals surface area contributed by atoms with Gasteiger partial charge in [-0.2, -0.15) is 26.3 Å². The number of piperazine rings is 1. The largest absolute Gasteiger partial charge is 0.434 e. The topological polar surface area (TPSA) is 68.7 Å². The van der Waals surface area contributed by atoms with Crippen LogP contribution >= 0.6 is 0 Å². The number of hydrogen-bond acceptors (Lipinski definition) is 5. The summed E-state index contributed by atoms with van der Waals surface area (Å²) in [6.45, 7) is 0.493. The van der Waals surface area contributed by atoms with Gasteiger partial charge in [0.05, 0.1) is 5.71 Å². The summed E-state index contributed by atoms with van der Waals surface area (Å²) in [5, 5.41) is 11.2. The minimum Gasteiger partial charge on any atom is -0.426 e. The molecule has 1 fully saturated rings. The van der Waals surface area contributed by atoms with Crippen LogP contribution in [0, 0.1) is 5.41 Å². The fourth-order valence-electron chi connectivity index (χ4n) is 2.99. The Balaban J connectivity index is 1.96. The van der Waals surface area contributed by atoms with Gasteiger partial charge in [0.25, 0.3) is 6.10 Å². The van der Waals surface area contributed by atoms with E-state index >= 15 is 0 Å². The molecule has 12 heteroatoms. The second-order valence-electron chi connectivity index (χ2n) is 6.81. The molecule has 2 N–H and O–H groups in total. The molecule has 1 heterocycles. The van der Waals surface area contributed by atoms with Gasteiger partial charge in [-0.15, -0.1) is 0 Å². The summed E-state index contributed by atoms with van der Waals surface area (Å²) in [5.74, 6) is 0. The molecule has 0 atom stereocenters. The van der Waals surface area contributed by atoms with Crippen LogP contribution in [0.1, 0.15) is 5.56 Å². The van der Waals surface area contributed by atoms with Crippen molar-refractivity contribution in [2.24, 2.45) is 0 Å². The first-order chi connectivity index (χ1) is 14.4. The number of amides is 1. The van der Waals surface area contributed by atoms with Gasteiger partial charge in [-0.05, 0) is 5.56 Å². The number of halogens is 6. The molecular formula is C19H22F6N4O2. The number of carbonyl (C=O) groups is 1. The van der Waals surface area contributed by atoms with E-state index in [1.807, 2.05) is 11.0 Å². The van der Waals surface area contributed by atoms with E-state index in [0.29, 0.717) is 17.7 Å². The van der Waals surface area contributed by atoms with Crippen LogP contribution in [0.5, 0.6) is 0 Å². The Kier molecular flexibility index (Phi) is 7.93. The third kappa shape index (κ3) is 6.88. The van der Waals surface area contributed by atoms with Crippen LogP contribution < -0.4 is 5.32 Å². The van der Waals surface area contributed by atoms with Gasteiger partial charge in [0.1, 0.15) is 0 Å². The molecule has 172 valence electrons. The highest BCUT2D eigenvalue weighted by molar-refractivity contribution is 6.10. The van der Waals surface area contributed by atoms with Gasteiger partial charge < -0.3 is 15.0 Å². The number of alkyl halides is 6. The SMILES string of the molecule is CN/C=C(/CN1CCN(C(=O)OC(C(F)(F)F)C(F)(F)F)CC1)C(=N)c1ccccc1. The van der Waals surface area contributed by atoms with E-state index in [1.54, 1.807) is 37.5 Å². The van der Waals surface area contributed by atoms with Crippen molar-refractivity contribution < 1.29 is 35.9 Å². The normalized spacial score (nSPS) is 16.4. The van der Waals surface area contributed by atoms with Gasteiger partial charge >= 0.3 is 18.4 Å². The van der Waals surface area contributed by atoms with E-state index in [-0.39, 0.29) is 31.9 Å². The summed E-state index contributed by atoms with van der Waals surface area (Å²) in [6, 6.07) is 8.95. The van der Waals surface area contributed by atoms with E-state index in [0.717, 1.165) is 4.90 Å². The van der Waals surface area contributed by atoms with E-state index in [2.05, 4.69) is 10.1 Å². The molecule has 0 aliphatic carbocycles. The first-order valence-electron chi connectivity index (χ1n) is 9.25. The Morgan fingerprint density at radius 1 is 1.10 bits per heavy atom. The van der Waals surface area contributed by atoms with Crippen LogP contribution in [0.3, 0.4) is 0 Å². The lowest BCUT2D eigenvalue weighted by molar-refractivity contribution is -0.308. The quantitative estimate of drug-likeness (QED) is 0.513. The second kappa shape index (κ2) is 10.0. The molecule has 0 spiro atoms. The van der Waals surface area contributed by atoms with Gasteiger partial charge in [-0.3, -0.25) is 10.3 Å². The van der Waals surface area contributed by atoms with Crippen molar-refractivity contribution in [1.82, 2.24) is 15.1 Å². The van der Waals surface area contributed by atoms with Gasteiger partial charge in [-0.1, -0.05) is 30.3 Å². The molecule has 0 saturated carbocycles. The summed E-state index contributed by atoms with van der Waals surface area (Å²) in [5.41, 5.74) is 1.60. The molecule has 0 radical (unpaired) electrons.